The van der Waals surface area contributed by atoms with Crippen LogP contribution in [-0.4, -0.2) is 59.3 Å². The molecule has 1 aliphatic heterocycles. The van der Waals surface area contributed by atoms with E-state index in [2.05, 4.69) is 65.0 Å². The highest BCUT2D eigenvalue weighted by Gasteiger charge is 2.27. The van der Waals surface area contributed by atoms with Crippen LogP contribution < -0.4 is 4.74 Å². The molecule has 1 aromatic heterocycles. The smallest absolute Gasteiger partial charge is 0.122 e. The Morgan fingerprint density at radius 3 is 2.74 bits per heavy atom. The Labute approximate surface area is 185 Å². The van der Waals surface area contributed by atoms with E-state index in [9.17, 15) is 5.11 Å². The van der Waals surface area contributed by atoms with Gasteiger partial charge in [0.1, 0.15) is 5.75 Å². The summed E-state index contributed by atoms with van der Waals surface area (Å²) in [5.41, 5.74) is 6.21. The van der Waals surface area contributed by atoms with Crippen LogP contribution in [0.4, 0.5) is 0 Å². The summed E-state index contributed by atoms with van der Waals surface area (Å²) in [6, 6.07) is 15.3. The van der Waals surface area contributed by atoms with Crippen LogP contribution in [0.1, 0.15) is 28.7 Å². The minimum atomic E-state index is 0.220. The van der Waals surface area contributed by atoms with Gasteiger partial charge in [-0.15, -0.1) is 0 Å². The molecule has 0 aliphatic carbocycles. The van der Waals surface area contributed by atoms with Crippen molar-refractivity contribution in [3.63, 3.8) is 0 Å². The van der Waals surface area contributed by atoms with Gasteiger partial charge in [0.15, 0.2) is 0 Å². The number of aliphatic hydroxyl groups is 1. The van der Waals surface area contributed by atoms with Gasteiger partial charge in [0.2, 0.25) is 0 Å². The molecule has 4 rings (SSSR count). The molecule has 0 spiro atoms. The lowest BCUT2D eigenvalue weighted by Gasteiger charge is -2.41. The van der Waals surface area contributed by atoms with Crippen LogP contribution in [-0.2, 0) is 13.1 Å². The first-order chi connectivity index (χ1) is 15.1. The minimum Gasteiger partial charge on any atom is -0.496 e. The highest BCUT2D eigenvalue weighted by Crippen LogP contribution is 2.27. The fourth-order valence-electron chi connectivity index (χ4n) is 4.68. The molecule has 5 nitrogen and oxygen atoms in total. The number of nitrogens with zero attached hydrogens (tertiary/aromatic N) is 3. The average molecular weight is 420 g/mol. The summed E-state index contributed by atoms with van der Waals surface area (Å²) >= 11 is 0. The van der Waals surface area contributed by atoms with Crippen molar-refractivity contribution in [3.05, 3.63) is 70.9 Å². The van der Waals surface area contributed by atoms with Gasteiger partial charge in [0.05, 0.1) is 12.6 Å². The second-order valence-electron chi connectivity index (χ2n) is 8.58. The summed E-state index contributed by atoms with van der Waals surface area (Å²) in [6.07, 6.45) is 2.64. The van der Waals surface area contributed by atoms with Gasteiger partial charge < -0.3 is 9.84 Å². The number of piperazine rings is 1. The molecule has 0 bridgehead atoms. The van der Waals surface area contributed by atoms with Crippen LogP contribution in [0, 0.1) is 13.8 Å². The zero-order valence-corrected chi connectivity index (χ0v) is 18.8. The molecule has 1 atom stereocenters. The molecule has 1 fully saturated rings. The van der Waals surface area contributed by atoms with Crippen LogP contribution in [0.5, 0.6) is 5.75 Å². The second kappa shape index (κ2) is 9.77. The van der Waals surface area contributed by atoms with E-state index in [1.54, 1.807) is 7.11 Å². The summed E-state index contributed by atoms with van der Waals surface area (Å²) < 4.78 is 5.47. The molecule has 5 heteroatoms. The first-order valence-corrected chi connectivity index (χ1v) is 11.1. The summed E-state index contributed by atoms with van der Waals surface area (Å²) in [6.45, 7) is 9.37. The molecule has 0 radical (unpaired) electrons. The molecule has 2 aromatic carbocycles. The molecule has 1 saturated heterocycles. The quantitative estimate of drug-likeness (QED) is 0.629. The third-order valence-corrected chi connectivity index (χ3v) is 6.67. The number of rotatable bonds is 7. The van der Waals surface area contributed by atoms with E-state index in [1.807, 2.05) is 12.3 Å². The molecule has 164 valence electrons. The lowest BCUT2D eigenvalue weighted by molar-refractivity contribution is 0.0498. The maximum absolute atomic E-state index is 9.70. The van der Waals surface area contributed by atoms with Gasteiger partial charge in [0.25, 0.3) is 0 Å². The number of ether oxygens (including phenoxy) is 1. The number of fused-ring (bicyclic) bond motifs is 1. The van der Waals surface area contributed by atoms with E-state index in [4.69, 9.17) is 4.74 Å². The van der Waals surface area contributed by atoms with Crippen LogP contribution >= 0.6 is 0 Å². The minimum absolute atomic E-state index is 0.220. The number of aromatic nitrogens is 1. The lowest BCUT2D eigenvalue weighted by atomic mass is 10.00. The first kappa shape index (κ1) is 21.8. The average Bonchev–Trinajstić information content (AvgIpc) is 2.79. The number of benzene rings is 2. The predicted molar refractivity (Wildman–Crippen MR) is 125 cm³/mol. The van der Waals surface area contributed by atoms with E-state index >= 15 is 0 Å². The van der Waals surface area contributed by atoms with E-state index in [1.165, 1.54) is 27.6 Å². The molecular weight excluding hydrogens is 386 g/mol. The largest absolute Gasteiger partial charge is 0.496 e. The van der Waals surface area contributed by atoms with E-state index in [0.717, 1.165) is 50.4 Å². The van der Waals surface area contributed by atoms with Crippen LogP contribution in [0.25, 0.3) is 10.9 Å². The molecule has 2 heterocycles. The fraction of sp³-hybridized carbons (Fsp3) is 0.423. The maximum Gasteiger partial charge on any atom is 0.122 e. The maximum atomic E-state index is 9.70. The monoisotopic (exact) mass is 419 g/mol. The summed E-state index contributed by atoms with van der Waals surface area (Å²) in [7, 11) is 1.73. The molecule has 31 heavy (non-hydrogen) atoms. The van der Waals surface area contributed by atoms with Gasteiger partial charge in [-0.25, -0.2) is 0 Å². The highest BCUT2D eigenvalue weighted by molar-refractivity contribution is 5.78. The molecule has 1 aliphatic rings. The van der Waals surface area contributed by atoms with Crippen molar-refractivity contribution < 1.29 is 9.84 Å². The molecule has 0 amide bonds. The number of hydrogen-bond donors (Lipinski definition) is 1. The Hall–Kier alpha value is -2.47. The summed E-state index contributed by atoms with van der Waals surface area (Å²) in [5.74, 6) is 0.948. The SMILES string of the molecule is COc1ccc(CN2CCN(Cc3ccc4ncccc4c3)C[C@H]2CCO)c(C)c1C. The lowest BCUT2D eigenvalue weighted by Crippen LogP contribution is -2.52. The Morgan fingerprint density at radius 2 is 1.94 bits per heavy atom. The van der Waals surface area contributed by atoms with E-state index in [-0.39, 0.29) is 6.61 Å². The van der Waals surface area contributed by atoms with E-state index < -0.39 is 0 Å². The van der Waals surface area contributed by atoms with Gasteiger partial charge in [-0.2, -0.15) is 0 Å². The van der Waals surface area contributed by atoms with Crippen molar-refractivity contribution in [1.82, 2.24) is 14.8 Å². The molecule has 3 aromatic rings. The van der Waals surface area contributed by atoms with Gasteiger partial charge >= 0.3 is 0 Å². The zero-order chi connectivity index (χ0) is 21.8. The highest BCUT2D eigenvalue weighted by atomic mass is 16.5. The van der Waals surface area contributed by atoms with Crippen LogP contribution in [0.2, 0.25) is 0 Å². The Kier molecular flexibility index (Phi) is 6.86. The van der Waals surface area contributed by atoms with Crippen molar-refractivity contribution in [2.75, 3.05) is 33.4 Å². The summed E-state index contributed by atoms with van der Waals surface area (Å²) in [5, 5.41) is 10.9. The Morgan fingerprint density at radius 1 is 1.06 bits per heavy atom. The zero-order valence-electron chi connectivity index (χ0n) is 18.8. The predicted octanol–water partition coefficient (Wildman–Crippen LogP) is 3.93. The standard InChI is InChI=1S/C26H33N3O2/c1-19-20(2)26(31-3)9-7-23(19)17-29-13-12-28(18-24(29)10-14-30)16-21-6-8-25-22(15-21)5-4-11-27-25/h4-9,11,15,24,30H,10,12-14,16-18H2,1-3H3/t24-/m1/s1. The number of methoxy groups -OCH3 is 1. The molecule has 0 unspecified atom stereocenters. The van der Waals surface area contributed by atoms with Gasteiger partial charge in [0, 0.05) is 57.0 Å². The third kappa shape index (κ3) is 4.90. The molecule has 0 saturated carbocycles. The Balaban J connectivity index is 1.45. The second-order valence-corrected chi connectivity index (χ2v) is 8.58. The summed E-state index contributed by atoms with van der Waals surface area (Å²) in [4.78, 5) is 9.47. The van der Waals surface area contributed by atoms with Crippen LogP contribution in [0.15, 0.2) is 48.7 Å². The van der Waals surface area contributed by atoms with Gasteiger partial charge in [-0.05, 0) is 66.8 Å². The van der Waals surface area contributed by atoms with E-state index in [0.29, 0.717) is 6.04 Å². The van der Waals surface area contributed by atoms with Crippen molar-refractivity contribution in [3.8, 4) is 5.75 Å². The normalized spacial score (nSPS) is 17.9. The van der Waals surface area contributed by atoms with Crippen LogP contribution in [0.3, 0.4) is 0 Å². The molecule has 1 N–H and O–H groups in total. The van der Waals surface area contributed by atoms with Gasteiger partial charge in [-0.3, -0.25) is 14.8 Å². The van der Waals surface area contributed by atoms with Crippen molar-refractivity contribution in [2.45, 2.75) is 39.4 Å². The Bertz CT molecular complexity index is 1040. The number of aliphatic hydroxyl groups excluding tert-OH is 1. The van der Waals surface area contributed by atoms with Gasteiger partial charge in [-0.1, -0.05) is 18.2 Å². The molecular formula is C26H33N3O2. The first-order valence-electron chi connectivity index (χ1n) is 11.1. The number of hydrogen-bond acceptors (Lipinski definition) is 5. The van der Waals surface area contributed by atoms with Crippen molar-refractivity contribution in [1.29, 1.82) is 0 Å². The van der Waals surface area contributed by atoms with Crippen molar-refractivity contribution in [2.24, 2.45) is 0 Å². The van der Waals surface area contributed by atoms with Crippen molar-refractivity contribution >= 4 is 10.9 Å². The fourth-order valence-corrected chi connectivity index (χ4v) is 4.68. The third-order valence-electron chi connectivity index (χ3n) is 6.67. The topological polar surface area (TPSA) is 48.8 Å². The number of pyridine rings is 1.